The summed E-state index contributed by atoms with van der Waals surface area (Å²) in [6.45, 7) is 7.89. The van der Waals surface area contributed by atoms with Gasteiger partial charge in [0.15, 0.2) is 5.78 Å². The molecule has 0 bridgehead atoms. The second kappa shape index (κ2) is 5.31. The molecule has 0 amide bonds. The van der Waals surface area contributed by atoms with Gasteiger partial charge >= 0.3 is 0 Å². The van der Waals surface area contributed by atoms with Crippen LogP contribution in [0.25, 0.3) is 0 Å². The van der Waals surface area contributed by atoms with Crippen LogP contribution < -0.4 is 0 Å². The highest BCUT2D eigenvalue weighted by Gasteiger charge is 2.15. The number of carbonyl (C=O) groups excluding carboxylic acids is 1. The highest BCUT2D eigenvalue weighted by Crippen LogP contribution is 2.17. The van der Waals surface area contributed by atoms with Gasteiger partial charge in [-0.2, -0.15) is 10.2 Å². The largest absolute Gasteiger partial charge is 0.289 e. The van der Waals surface area contributed by atoms with Crippen molar-refractivity contribution in [2.45, 2.75) is 34.1 Å². The number of carbonyl (C=O) groups is 1. The second-order valence-electron chi connectivity index (χ2n) is 4.83. The summed E-state index contributed by atoms with van der Waals surface area (Å²) in [5, 5.41) is 8.13. The minimum atomic E-state index is 0.0259. The molecule has 2 aromatic rings. The lowest BCUT2D eigenvalue weighted by Crippen LogP contribution is -2.09. The fraction of sp³-hybridized carbons (Fsp3) is 0.312. The van der Waals surface area contributed by atoms with Crippen LogP contribution in [0.1, 0.15) is 45.4 Å². The molecule has 2 rings (SSSR count). The summed E-state index contributed by atoms with van der Waals surface area (Å²) in [5.74, 6) is 0.0259. The van der Waals surface area contributed by atoms with E-state index in [4.69, 9.17) is 0 Å². The molecule has 0 saturated carbocycles. The first-order chi connectivity index (χ1) is 9.02. The SMILES string of the molecule is CCc1nnc(C)cc1C(=O)c1ccc(C)c(C)c1. The molecule has 3 nitrogen and oxygen atoms in total. The first-order valence-electron chi connectivity index (χ1n) is 6.48. The molecule has 0 atom stereocenters. The number of aryl methyl sites for hydroxylation is 4. The minimum Gasteiger partial charge on any atom is -0.289 e. The molecular formula is C16H18N2O. The molecule has 0 aliphatic heterocycles. The summed E-state index contributed by atoms with van der Waals surface area (Å²) in [6.07, 6.45) is 0.708. The molecule has 98 valence electrons. The Bertz CT molecular complexity index is 633. The summed E-state index contributed by atoms with van der Waals surface area (Å²) in [6, 6.07) is 7.62. The molecule has 1 heterocycles. The Morgan fingerprint density at radius 3 is 2.42 bits per heavy atom. The van der Waals surface area contributed by atoms with Gasteiger partial charge in [0.1, 0.15) is 0 Å². The fourth-order valence-corrected chi connectivity index (χ4v) is 2.01. The van der Waals surface area contributed by atoms with Gasteiger partial charge in [-0.3, -0.25) is 4.79 Å². The zero-order valence-corrected chi connectivity index (χ0v) is 11.8. The van der Waals surface area contributed by atoms with Gasteiger partial charge in [-0.25, -0.2) is 0 Å². The Balaban J connectivity index is 2.49. The number of nitrogens with zero attached hydrogens (tertiary/aromatic N) is 2. The van der Waals surface area contributed by atoms with Crippen molar-refractivity contribution in [1.82, 2.24) is 10.2 Å². The summed E-state index contributed by atoms with van der Waals surface area (Å²) in [7, 11) is 0. The van der Waals surface area contributed by atoms with Gasteiger partial charge in [0.2, 0.25) is 0 Å². The lowest BCUT2D eigenvalue weighted by Gasteiger charge is -2.08. The van der Waals surface area contributed by atoms with E-state index in [1.54, 1.807) is 0 Å². The molecule has 0 aliphatic carbocycles. The fourth-order valence-electron chi connectivity index (χ4n) is 2.01. The van der Waals surface area contributed by atoms with Gasteiger partial charge in [-0.15, -0.1) is 0 Å². The van der Waals surface area contributed by atoms with E-state index in [2.05, 4.69) is 10.2 Å². The highest BCUT2D eigenvalue weighted by molar-refractivity contribution is 6.09. The first-order valence-corrected chi connectivity index (χ1v) is 6.48. The molecule has 0 radical (unpaired) electrons. The van der Waals surface area contributed by atoms with Crippen LogP contribution in [-0.2, 0) is 6.42 Å². The predicted octanol–water partition coefficient (Wildman–Crippen LogP) is 3.20. The van der Waals surface area contributed by atoms with Gasteiger partial charge < -0.3 is 0 Å². The Morgan fingerprint density at radius 2 is 1.79 bits per heavy atom. The average Bonchev–Trinajstić information content (AvgIpc) is 2.41. The molecular weight excluding hydrogens is 236 g/mol. The maximum atomic E-state index is 12.6. The number of rotatable bonds is 3. The summed E-state index contributed by atoms with van der Waals surface area (Å²) < 4.78 is 0. The van der Waals surface area contributed by atoms with E-state index in [9.17, 15) is 4.79 Å². The van der Waals surface area contributed by atoms with Gasteiger partial charge in [0, 0.05) is 11.1 Å². The van der Waals surface area contributed by atoms with E-state index in [1.807, 2.05) is 52.0 Å². The van der Waals surface area contributed by atoms with Crippen molar-refractivity contribution < 1.29 is 4.79 Å². The quantitative estimate of drug-likeness (QED) is 0.790. The van der Waals surface area contributed by atoms with Crippen molar-refractivity contribution in [1.29, 1.82) is 0 Å². The smallest absolute Gasteiger partial charge is 0.195 e. The van der Waals surface area contributed by atoms with Gasteiger partial charge in [0.05, 0.1) is 11.4 Å². The molecule has 0 spiro atoms. The predicted molar refractivity (Wildman–Crippen MR) is 75.5 cm³/mol. The number of hydrogen-bond acceptors (Lipinski definition) is 3. The van der Waals surface area contributed by atoms with Crippen LogP contribution in [0.4, 0.5) is 0 Å². The van der Waals surface area contributed by atoms with E-state index in [-0.39, 0.29) is 5.78 Å². The molecule has 19 heavy (non-hydrogen) atoms. The van der Waals surface area contributed by atoms with Crippen LogP contribution in [0.3, 0.4) is 0 Å². The van der Waals surface area contributed by atoms with Crippen LogP contribution in [0.15, 0.2) is 24.3 Å². The summed E-state index contributed by atoms with van der Waals surface area (Å²) in [4.78, 5) is 12.6. The molecule has 0 aliphatic rings. The monoisotopic (exact) mass is 254 g/mol. The summed E-state index contributed by atoms with van der Waals surface area (Å²) >= 11 is 0. The van der Waals surface area contributed by atoms with Crippen LogP contribution in [0, 0.1) is 20.8 Å². The molecule has 0 N–H and O–H groups in total. The van der Waals surface area contributed by atoms with Crippen molar-refractivity contribution in [3.63, 3.8) is 0 Å². The average molecular weight is 254 g/mol. The van der Waals surface area contributed by atoms with Crippen LogP contribution in [0.2, 0.25) is 0 Å². The zero-order valence-electron chi connectivity index (χ0n) is 11.8. The zero-order chi connectivity index (χ0) is 14.0. The molecule has 0 unspecified atom stereocenters. The van der Waals surface area contributed by atoms with E-state index in [0.717, 1.165) is 17.0 Å². The van der Waals surface area contributed by atoms with Crippen molar-refractivity contribution >= 4 is 5.78 Å². The minimum absolute atomic E-state index is 0.0259. The highest BCUT2D eigenvalue weighted by atomic mass is 16.1. The van der Waals surface area contributed by atoms with E-state index >= 15 is 0 Å². The topological polar surface area (TPSA) is 42.9 Å². The van der Waals surface area contributed by atoms with E-state index in [1.165, 1.54) is 5.56 Å². The number of benzene rings is 1. The second-order valence-corrected chi connectivity index (χ2v) is 4.83. The summed E-state index contributed by atoms with van der Waals surface area (Å²) in [5.41, 5.74) is 5.22. The molecule has 0 saturated heterocycles. The maximum Gasteiger partial charge on any atom is 0.195 e. The molecule has 0 fully saturated rings. The Hall–Kier alpha value is -2.03. The number of ketones is 1. The van der Waals surface area contributed by atoms with Crippen molar-refractivity contribution in [3.8, 4) is 0 Å². The number of hydrogen-bond donors (Lipinski definition) is 0. The molecule has 1 aromatic carbocycles. The van der Waals surface area contributed by atoms with Crippen LogP contribution in [0.5, 0.6) is 0 Å². The standard InChI is InChI=1S/C16H18N2O/c1-5-15-14(9-12(4)17-18-15)16(19)13-7-6-10(2)11(3)8-13/h6-9H,5H2,1-4H3. The van der Waals surface area contributed by atoms with Crippen LogP contribution >= 0.6 is 0 Å². The third-order valence-electron chi connectivity index (χ3n) is 3.34. The Kier molecular flexibility index (Phi) is 3.74. The normalized spacial score (nSPS) is 10.5. The third-order valence-corrected chi connectivity index (χ3v) is 3.34. The first kappa shape index (κ1) is 13.4. The van der Waals surface area contributed by atoms with Gasteiger partial charge in [-0.1, -0.05) is 19.1 Å². The lowest BCUT2D eigenvalue weighted by atomic mass is 9.97. The van der Waals surface area contributed by atoms with Gasteiger partial charge in [0.25, 0.3) is 0 Å². The molecule has 3 heteroatoms. The van der Waals surface area contributed by atoms with Crippen molar-refractivity contribution in [2.24, 2.45) is 0 Å². The Morgan fingerprint density at radius 1 is 1.05 bits per heavy atom. The molecule has 1 aromatic heterocycles. The van der Waals surface area contributed by atoms with Crippen molar-refractivity contribution in [3.05, 3.63) is 57.9 Å². The van der Waals surface area contributed by atoms with E-state index in [0.29, 0.717) is 17.5 Å². The number of aromatic nitrogens is 2. The van der Waals surface area contributed by atoms with E-state index < -0.39 is 0 Å². The maximum absolute atomic E-state index is 12.6. The van der Waals surface area contributed by atoms with Crippen LogP contribution in [-0.4, -0.2) is 16.0 Å². The van der Waals surface area contributed by atoms with Crippen molar-refractivity contribution in [2.75, 3.05) is 0 Å². The lowest BCUT2D eigenvalue weighted by molar-refractivity contribution is 0.103. The van der Waals surface area contributed by atoms with Gasteiger partial charge in [-0.05, 0) is 50.5 Å². The Labute approximate surface area is 113 Å². The third kappa shape index (κ3) is 2.70.